The zero-order chi connectivity index (χ0) is 12.9. The summed E-state index contributed by atoms with van der Waals surface area (Å²) in [5, 5.41) is 0.712. The molecule has 0 aliphatic heterocycles. The molecule has 0 saturated heterocycles. The van der Waals surface area contributed by atoms with Crippen molar-refractivity contribution in [3.63, 3.8) is 0 Å². The fourth-order valence-corrected chi connectivity index (χ4v) is 2.95. The molecule has 0 amide bonds. The highest BCUT2D eigenvalue weighted by atomic mass is 35.5. The Labute approximate surface area is 111 Å². The van der Waals surface area contributed by atoms with Crippen molar-refractivity contribution >= 4 is 22.4 Å². The molecule has 0 saturated carbocycles. The van der Waals surface area contributed by atoms with Gasteiger partial charge in [-0.15, -0.1) is 0 Å². The predicted octanol–water partition coefficient (Wildman–Crippen LogP) is 2.96. The van der Waals surface area contributed by atoms with Gasteiger partial charge in [0, 0.05) is 27.3 Å². The number of benzene rings is 1. The lowest BCUT2D eigenvalue weighted by molar-refractivity contribution is 0.367. The van der Waals surface area contributed by atoms with Gasteiger partial charge in [0.1, 0.15) is 0 Å². The van der Waals surface area contributed by atoms with Crippen LogP contribution in [0.25, 0.3) is 0 Å². The van der Waals surface area contributed by atoms with E-state index in [0.29, 0.717) is 23.1 Å². The summed E-state index contributed by atoms with van der Waals surface area (Å²) in [6, 6.07) is 7.51. The van der Waals surface area contributed by atoms with E-state index in [-0.39, 0.29) is 5.41 Å². The molecule has 0 radical (unpaired) electrons. The van der Waals surface area contributed by atoms with E-state index in [9.17, 15) is 4.21 Å². The molecule has 1 atom stereocenters. The lowest BCUT2D eigenvalue weighted by Crippen LogP contribution is -2.25. The van der Waals surface area contributed by atoms with E-state index in [1.807, 2.05) is 24.3 Å². The minimum Gasteiger partial charge on any atom is -0.330 e. The van der Waals surface area contributed by atoms with Crippen molar-refractivity contribution in [2.45, 2.75) is 26.0 Å². The Morgan fingerprint density at radius 2 is 1.88 bits per heavy atom. The Bertz CT molecular complexity index is 376. The first-order valence-electron chi connectivity index (χ1n) is 5.72. The fourth-order valence-electron chi connectivity index (χ4n) is 1.33. The van der Waals surface area contributed by atoms with Gasteiger partial charge in [0.15, 0.2) is 0 Å². The molecule has 0 aliphatic rings. The summed E-state index contributed by atoms with van der Waals surface area (Å²) in [6.45, 7) is 4.84. The minimum atomic E-state index is -0.824. The summed E-state index contributed by atoms with van der Waals surface area (Å²) >= 11 is 5.80. The highest BCUT2D eigenvalue weighted by Gasteiger charge is 2.16. The first kappa shape index (κ1) is 14.7. The number of halogens is 1. The molecule has 1 aromatic rings. The quantitative estimate of drug-likeness (QED) is 0.866. The zero-order valence-corrected chi connectivity index (χ0v) is 12.0. The van der Waals surface area contributed by atoms with Crippen molar-refractivity contribution in [1.82, 2.24) is 0 Å². The van der Waals surface area contributed by atoms with Crippen molar-refractivity contribution in [3.8, 4) is 0 Å². The van der Waals surface area contributed by atoms with Crippen molar-refractivity contribution in [2.24, 2.45) is 11.1 Å². The van der Waals surface area contributed by atoms with Crippen LogP contribution < -0.4 is 5.73 Å². The van der Waals surface area contributed by atoms with E-state index in [1.165, 1.54) is 0 Å². The molecule has 0 fully saturated rings. The monoisotopic (exact) mass is 273 g/mol. The fraction of sp³-hybridized carbons (Fsp3) is 0.538. The van der Waals surface area contributed by atoms with Gasteiger partial charge < -0.3 is 5.73 Å². The number of hydrogen-bond acceptors (Lipinski definition) is 2. The summed E-state index contributed by atoms with van der Waals surface area (Å²) in [4.78, 5) is 0. The molecular formula is C13H20ClNOS. The molecule has 4 heteroatoms. The second-order valence-electron chi connectivity index (χ2n) is 5.03. The van der Waals surface area contributed by atoms with E-state index in [2.05, 4.69) is 13.8 Å². The van der Waals surface area contributed by atoms with Gasteiger partial charge >= 0.3 is 0 Å². The first-order chi connectivity index (χ1) is 7.93. The van der Waals surface area contributed by atoms with Crippen molar-refractivity contribution in [3.05, 3.63) is 34.9 Å². The standard InChI is InChI=1S/C13H20ClNOS/c1-13(2,10-15)7-8-17(16)9-11-3-5-12(14)6-4-11/h3-6H,7-10,15H2,1-2H3. The summed E-state index contributed by atoms with van der Waals surface area (Å²) in [7, 11) is -0.824. The van der Waals surface area contributed by atoms with Crippen molar-refractivity contribution in [1.29, 1.82) is 0 Å². The number of hydrogen-bond donors (Lipinski definition) is 1. The molecule has 0 aromatic heterocycles. The summed E-state index contributed by atoms with van der Waals surface area (Å²) in [5.74, 6) is 1.30. The third-order valence-electron chi connectivity index (χ3n) is 2.80. The van der Waals surface area contributed by atoms with Gasteiger partial charge in [-0.1, -0.05) is 37.6 Å². The largest absolute Gasteiger partial charge is 0.330 e. The molecule has 1 rings (SSSR count). The normalized spacial score (nSPS) is 13.6. The van der Waals surface area contributed by atoms with Gasteiger partial charge in [0.2, 0.25) is 0 Å². The Balaban J connectivity index is 2.42. The van der Waals surface area contributed by atoms with Gasteiger partial charge in [-0.05, 0) is 36.1 Å². The van der Waals surface area contributed by atoms with Crippen molar-refractivity contribution in [2.75, 3.05) is 12.3 Å². The van der Waals surface area contributed by atoms with E-state index >= 15 is 0 Å². The van der Waals surface area contributed by atoms with Crippen LogP contribution in [0.4, 0.5) is 0 Å². The Morgan fingerprint density at radius 1 is 1.29 bits per heavy atom. The lowest BCUT2D eigenvalue weighted by atomic mass is 9.91. The van der Waals surface area contributed by atoms with Crippen LogP contribution in [0, 0.1) is 5.41 Å². The topological polar surface area (TPSA) is 43.1 Å². The average molecular weight is 274 g/mol. The average Bonchev–Trinajstić information content (AvgIpc) is 2.30. The van der Waals surface area contributed by atoms with Gasteiger partial charge in [-0.2, -0.15) is 0 Å². The highest BCUT2D eigenvalue weighted by Crippen LogP contribution is 2.19. The van der Waals surface area contributed by atoms with Gasteiger partial charge in [0.05, 0.1) is 0 Å². The van der Waals surface area contributed by atoms with Gasteiger partial charge in [0.25, 0.3) is 0 Å². The first-order valence-corrected chi connectivity index (χ1v) is 7.59. The zero-order valence-electron chi connectivity index (χ0n) is 10.4. The van der Waals surface area contributed by atoms with E-state index in [4.69, 9.17) is 17.3 Å². The molecule has 1 unspecified atom stereocenters. The summed E-state index contributed by atoms with van der Waals surface area (Å²) in [5.41, 5.74) is 6.79. The minimum absolute atomic E-state index is 0.0790. The van der Waals surface area contributed by atoms with Crippen LogP contribution >= 0.6 is 11.6 Å². The third kappa shape index (κ3) is 5.66. The smallest absolute Gasteiger partial charge is 0.0485 e. The third-order valence-corrected chi connectivity index (χ3v) is 4.37. The molecule has 0 spiro atoms. The van der Waals surface area contributed by atoms with Crippen molar-refractivity contribution < 1.29 is 4.21 Å². The van der Waals surface area contributed by atoms with E-state index in [1.54, 1.807) is 0 Å². The number of rotatable bonds is 6. The van der Waals surface area contributed by atoms with Crippen LogP contribution in [0.2, 0.25) is 5.02 Å². The van der Waals surface area contributed by atoms with Gasteiger partial charge in [-0.25, -0.2) is 0 Å². The highest BCUT2D eigenvalue weighted by molar-refractivity contribution is 7.84. The molecular weight excluding hydrogens is 254 g/mol. The maximum absolute atomic E-state index is 11.9. The molecule has 17 heavy (non-hydrogen) atoms. The van der Waals surface area contributed by atoms with Crippen LogP contribution in [0.3, 0.4) is 0 Å². The molecule has 0 bridgehead atoms. The Hall–Kier alpha value is -0.380. The maximum Gasteiger partial charge on any atom is 0.0485 e. The Kier molecular flexibility index (Phi) is 5.63. The van der Waals surface area contributed by atoms with Crippen LogP contribution in [-0.2, 0) is 16.6 Å². The second-order valence-corrected chi connectivity index (χ2v) is 7.05. The van der Waals surface area contributed by atoms with Crippen LogP contribution in [0.1, 0.15) is 25.8 Å². The lowest BCUT2D eigenvalue weighted by Gasteiger charge is -2.21. The number of nitrogens with two attached hydrogens (primary N) is 1. The maximum atomic E-state index is 11.9. The van der Waals surface area contributed by atoms with Gasteiger partial charge in [-0.3, -0.25) is 4.21 Å². The second kappa shape index (κ2) is 6.53. The molecule has 2 N–H and O–H groups in total. The summed E-state index contributed by atoms with van der Waals surface area (Å²) in [6.07, 6.45) is 0.893. The van der Waals surface area contributed by atoms with Crippen LogP contribution in [-0.4, -0.2) is 16.5 Å². The van der Waals surface area contributed by atoms with Crippen LogP contribution in [0.5, 0.6) is 0 Å². The van der Waals surface area contributed by atoms with E-state index < -0.39 is 10.8 Å². The molecule has 0 aliphatic carbocycles. The molecule has 1 aromatic carbocycles. The predicted molar refractivity (Wildman–Crippen MR) is 75.6 cm³/mol. The Morgan fingerprint density at radius 3 is 2.41 bits per heavy atom. The van der Waals surface area contributed by atoms with Crippen LogP contribution in [0.15, 0.2) is 24.3 Å². The SMILES string of the molecule is CC(C)(CN)CCS(=O)Cc1ccc(Cl)cc1. The molecule has 0 heterocycles. The van der Waals surface area contributed by atoms with E-state index in [0.717, 1.165) is 12.0 Å². The molecule has 2 nitrogen and oxygen atoms in total. The molecule has 96 valence electrons. The summed E-state index contributed by atoms with van der Waals surface area (Å²) < 4.78 is 11.9.